The van der Waals surface area contributed by atoms with E-state index < -0.39 is 11.5 Å². The number of hydrogen-bond donors (Lipinski definition) is 3. The van der Waals surface area contributed by atoms with E-state index >= 15 is 0 Å². The number of nitrogens with zero attached hydrogens (tertiary/aromatic N) is 3. The first-order valence-electron chi connectivity index (χ1n) is 8.27. The highest BCUT2D eigenvalue weighted by Crippen LogP contribution is 2.37. The number of nitrogen functional groups attached to an aromatic ring is 1. The highest BCUT2D eigenvalue weighted by molar-refractivity contribution is 7.19. The number of primary amides is 1. The van der Waals surface area contributed by atoms with Gasteiger partial charge in [0, 0.05) is 18.0 Å². The topological polar surface area (TPSA) is 118 Å². The Morgan fingerprint density at radius 1 is 1.33 bits per heavy atom. The van der Waals surface area contributed by atoms with Gasteiger partial charge in [-0.25, -0.2) is 9.97 Å². The van der Waals surface area contributed by atoms with Crippen molar-refractivity contribution >= 4 is 33.3 Å². The first-order valence-corrected chi connectivity index (χ1v) is 9.09. The van der Waals surface area contributed by atoms with Crippen LogP contribution in [-0.2, 0) is 24.2 Å². The molecule has 1 aliphatic carbocycles. The maximum atomic E-state index is 11.4. The van der Waals surface area contributed by atoms with Gasteiger partial charge in [-0.05, 0) is 37.7 Å². The molecule has 1 amide bonds. The van der Waals surface area contributed by atoms with Crippen molar-refractivity contribution in [3.05, 3.63) is 16.3 Å². The van der Waals surface area contributed by atoms with Gasteiger partial charge in [0.05, 0.1) is 11.9 Å². The molecule has 1 atom stereocenters. The van der Waals surface area contributed by atoms with Gasteiger partial charge in [-0.1, -0.05) is 0 Å². The van der Waals surface area contributed by atoms with Crippen LogP contribution in [0.5, 0.6) is 0 Å². The molecule has 2 aromatic heterocycles. The number of carbonyl (C=O) groups excluding carboxylic acids is 1. The molecule has 4 rings (SSSR count). The number of nitrogens with two attached hydrogens (primary N) is 2. The van der Waals surface area contributed by atoms with Crippen molar-refractivity contribution < 1.29 is 9.90 Å². The molecule has 1 saturated heterocycles. The SMILES string of the molecule is NC(=O)C1(O)CCN(Cc2nc(N)c3c4c(sc3n2)CCCC4)C1. The Kier molecular flexibility index (Phi) is 3.70. The molecule has 0 bridgehead atoms. The van der Waals surface area contributed by atoms with E-state index in [1.54, 1.807) is 11.3 Å². The van der Waals surface area contributed by atoms with Crippen molar-refractivity contribution in [2.24, 2.45) is 5.73 Å². The summed E-state index contributed by atoms with van der Waals surface area (Å²) in [6.45, 7) is 1.25. The summed E-state index contributed by atoms with van der Waals surface area (Å²) < 4.78 is 0. The predicted molar refractivity (Wildman–Crippen MR) is 92.5 cm³/mol. The fourth-order valence-electron chi connectivity index (χ4n) is 3.71. The van der Waals surface area contributed by atoms with Crippen molar-refractivity contribution in [2.45, 2.75) is 44.2 Å². The van der Waals surface area contributed by atoms with Gasteiger partial charge in [0.1, 0.15) is 16.5 Å². The van der Waals surface area contributed by atoms with E-state index in [9.17, 15) is 9.90 Å². The van der Waals surface area contributed by atoms with Gasteiger partial charge < -0.3 is 16.6 Å². The zero-order valence-electron chi connectivity index (χ0n) is 13.4. The minimum absolute atomic E-state index is 0.213. The zero-order chi connectivity index (χ0) is 16.9. The van der Waals surface area contributed by atoms with Crippen LogP contribution >= 0.6 is 11.3 Å². The molecule has 1 aliphatic heterocycles. The smallest absolute Gasteiger partial charge is 0.250 e. The van der Waals surface area contributed by atoms with E-state index in [0.29, 0.717) is 31.2 Å². The lowest BCUT2D eigenvalue weighted by Crippen LogP contribution is -2.45. The molecule has 128 valence electrons. The Hall–Kier alpha value is -1.77. The predicted octanol–water partition coefficient (Wildman–Crippen LogP) is 0.574. The number of fused-ring (bicyclic) bond motifs is 3. The summed E-state index contributed by atoms with van der Waals surface area (Å²) in [7, 11) is 0. The fourth-order valence-corrected chi connectivity index (χ4v) is 5.00. The van der Waals surface area contributed by atoms with Crippen LogP contribution in [0.1, 0.15) is 35.5 Å². The summed E-state index contributed by atoms with van der Waals surface area (Å²) in [5, 5.41) is 11.2. The highest BCUT2D eigenvalue weighted by atomic mass is 32.1. The number of aliphatic hydroxyl groups is 1. The number of amides is 1. The lowest BCUT2D eigenvalue weighted by molar-refractivity contribution is -0.135. The van der Waals surface area contributed by atoms with E-state index in [0.717, 1.165) is 23.1 Å². The van der Waals surface area contributed by atoms with Crippen molar-refractivity contribution in [3.63, 3.8) is 0 Å². The second-order valence-electron chi connectivity index (χ2n) is 6.77. The summed E-state index contributed by atoms with van der Waals surface area (Å²) in [4.78, 5) is 24.8. The molecular formula is C16H21N5O2S. The molecule has 24 heavy (non-hydrogen) atoms. The Morgan fingerprint density at radius 3 is 2.88 bits per heavy atom. The molecule has 5 N–H and O–H groups in total. The molecule has 7 nitrogen and oxygen atoms in total. The summed E-state index contributed by atoms with van der Waals surface area (Å²) in [6.07, 6.45) is 4.91. The molecule has 2 aromatic rings. The third-order valence-electron chi connectivity index (χ3n) is 5.04. The normalized spacial score (nSPS) is 24.4. The molecular weight excluding hydrogens is 326 g/mol. The number of aromatic nitrogens is 2. The van der Waals surface area contributed by atoms with Gasteiger partial charge in [0.15, 0.2) is 5.60 Å². The van der Waals surface area contributed by atoms with Crippen LogP contribution < -0.4 is 11.5 Å². The van der Waals surface area contributed by atoms with Gasteiger partial charge in [-0.3, -0.25) is 9.69 Å². The Labute approximate surface area is 143 Å². The zero-order valence-corrected chi connectivity index (χ0v) is 14.2. The van der Waals surface area contributed by atoms with Crippen molar-refractivity contribution in [3.8, 4) is 0 Å². The van der Waals surface area contributed by atoms with Crippen molar-refractivity contribution in [2.75, 3.05) is 18.8 Å². The van der Waals surface area contributed by atoms with E-state index in [-0.39, 0.29) is 6.54 Å². The van der Waals surface area contributed by atoms with Gasteiger partial charge in [-0.2, -0.15) is 0 Å². The number of aryl methyl sites for hydroxylation is 2. The number of thiophene rings is 1. The maximum Gasteiger partial charge on any atom is 0.250 e. The third-order valence-corrected chi connectivity index (χ3v) is 6.23. The van der Waals surface area contributed by atoms with Crippen LogP contribution in [-0.4, -0.2) is 44.6 Å². The number of rotatable bonds is 3. The van der Waals surface area contributed by atoms with Crippen LogP contribution in [0.4, 0.5) is 5.82 Å². The van der Waals surface area contributed by atoms with Crippen LogP contribution in [0.15, 0.2) is 0 Å². The monoisotopic (exact) mass is 347 g/mol. The van der Waals surface area contributed by atoms with E-state index in [4.69, 9.17) is 11.5 Å². The Balaban J connectivity index is 1.61. The van der Waals surface area contributed by atoms with E-state index in [1.165, 1.54) is 23.3 Å². The van der Waals surface area contributed by atoms with Gasteiger partial charge in [-0.15, -0.1) is 11.3 Å². The van der Waals surface area contributed by atoms with Crippen LogP contribution in [0.25, 0.3) is 10.2 Å². The Morgan fingerprint density at radius 2 is 2.12 bits per heavy atom. The standard InChI is InChI=1S/C16H21N5O2S/c17-13-12-9-3-1-2-4-10(9)24-14(12)20-11(19-13)7-21-6-5-16(23,8-21)15(18)22/h23H,1-8H2,(H2,18,22)(H2,17,19,20). The summed E-state index contributed by atoms with van der Waals surface area (Å²) >= 11 is 1.72. The number of anilines is 1. The first kappa shape index (κ1) is 15.7. The number of hydrogen-bond acceptors (Lipinski definition) is 7. The molecule has 0 radical (unpaired) electrons. The van der Waals surface area contributed by atoms with Crippen molar-refractivity contribution in [1.82, 2.24) is 14.9 Å². The summed E-state index contributed by atoms with van der Waals surface area (Å²) in [5.41, 5.74) is 11.4. The quantitative estimate of drug-likeness (QED) is 0.747. The molecule has 1 fully saturated rings. The van der Waals surface area contributed by atoms with Gasteiger partial charge >= 0.3 is 0 Å². The minimum Gasteiger partial charge on any atom is -0.383 e. The number of β-amino-alcohol motifs (C(OH)–C–C–N with tert-alkyl or cyclic N) is 1. The first-order chi connectivity index (χ1) is 11.5. The number of likely N-dealkylation sites (tertiary alicyclic amines) is 1. The second-order valence-corrected chi connectivity index (χ2v) is 7.86. The van der Waals surface area contributed by atoms with E-state index in [1.807, 2.05) is 4.90 Å². The maximum absolute atomic E-state index is 11.4. The molecule has 8 heteroatoms. The van der Waals surface area contributed by atoms with Crippen molar-refractivity contribution in [1.29, 1.82) is 0 Å². The fraction of sp³-hybridized carbons (Fsp3) is 0.562. The Bertz CT molecular complexity index is 820. The largest absolute Gasteiger partial charge is 0.383 e. The van der Waals surface area contributed by atoms with E-state index in [2.05, 4.69) is 9.97 Å². The average Bonchev–Trinajstić information content (AvgIpc) is 3.09. The third kappa shape index (κ3) is 2.54. The molecule has 2 aliphatic rings. The average molecular weight is 347 g/mol. The molecule has 0 aromatic carbocycles. The lowest BCUT2D eigenvalue weighted by Gasteiger charge is -2.19. The van der Waals surface area contributed by atoms with Crippen LogP contribution in [0.2, 0.25) is 0 Å². The summed E-state index contributed by atoms with van der Waals surface area (Å²) in [5.74, 6) is 0.498. The highest BCUT2D eigenvalue weighted by Gasteiger charge is 2.41. The van der Waals surface area contributed by atoms with Gasteiger partial charge in [0.2, 0.25) is 0 Å². The van der Waals surface area contributed by atoms with Crippen LogP contribution in [0, 0.1) is 0 Å². The van der Waals surface area contributed by atoms with Crippen LogP contribution in [0.3, 0.4) is 0 Å². The summed E-state index contributed by atoms with van der Waals surface area (Å²) in [6, 6.07) is 0. The lowest BCUT2D eigenvalue weighted by atomic mass is 9.97. The molecule has 0 spiro atoms. The molecule has 3 heterocycles. The minimum atomic E-state index is -1.45. The number of carbonyl (C=O) groups is 1. The second kappa shape index (κ2) is 5.65. The molecule has 0 saturated carbocycles. The van der Waals surface area contributed by atoms with Gasteiger partial charge in [0.25, 0.3) is 5.91 Å². The molecule has 1 unspecified atom stereocenters.